The Kier molecular flexibility index (Phi) is 4.00. The molecule has 3 heterocycles. The molecule has 1 fully saturated rings. The summed E-state index contributed by atoms with van der Waals surface area (Å²) in [6.45, 7) is 0.334. The van der Waals surface area contributed by atoms with Crippen molar-refractivity contribution in [2.24, 2.45) is 0 Å². The Balaban J connectivity index is 1.53. The normalized spacial score (nSPS) is 19.8. The molecule has 0 atom stereocenters. The summed E-state index contributed by atoms with van der Waals surface area (Å²) >= 11 is 0. The first-order valence-corrected chi connectivity index (χ1v) is 10.4. The van der Waals surface area contributed by atoms with Crippen molar-refractivity contribution in [3.05, 3.63) is 71.3 Å². The molecule has 1 aromatic carbocycles. The topological polar surface area (TPSA) is 65.2 Å². The van der Waals surface area contributed by atoms with Crippen LogP contribution in [0.25, 0.3) is 17.0 Å². The molecule has 3 aliphatic rings. The van der Waals surface area contributed by atoms with Crippen LogP contribution in [-0.4, -0.2) is 24.8 Å². The first-order valence-electron chi connectivity index (χ1n) is 10.4. The predicted octanol–water partition coefficient (Wildman–Crippen LogP) is 4.66. The van der Waals surface area contributed by atoms with Crippen molar-refractivity contribution >= 4 is 5.65 Å². The van der Waals surface area contributed by atoms with Crippen LogP contribution in [0.1, 0.15) is 54.3 Å². The fourth-order valence-electron chi connectivity index (χ4n) is 4.93. The monoisotopic (exact) mass is 401 g/mol. The minimum absolute atomic E-state index is 0.334. The highest BCUT2D eigenvalue weighted by Gasteiger charge is 2.39. The molecule has 3 aliphatic carbocycles. The number of benzene rings is 1. The number of ether oxygens (including phenoxy) is 1. The number of pyridine rings is 1. The molecule has 0 radical (unpaired) electrons. The van der Waals surface area contributed by atoms with Gasteiger partial charge in [-0.25, -0.2) is 4.39 Å². The van der Waals surface area contributed by atoms with Gasteiger partial charge >= 0.3 is 0 Å². The molecule has 0 saturated heterocycles. The number of hydrogen-bond acceptors (Lipinski definition) is 5. The van der Waals surface area contributed by atoms with E-state index in [-0.39, 0.29) is 5.82 Å². The standard InChI is InChI=1S/C23H20FN5O/c24-18-7-2-1-6-17(18)21-26-27-22-19-14-8-10-15(11-9-14)20(19)23(28-29(21)22)30-13-16-5-3-4-12-25-16/h1-7,12,14-15H,8-11,13H2. The SMILES string of the molecule is Fc1ccccc1-c1nnc2c3c(c(OCc4ccccn4)nn12)C1CCC3CC1. The Morgan fingerprint density at radius 1 is 0.933 bits per heavy atom. The van der Waals surface area contributed by atoms with Crippen molar-refractivity contribution < 1.29 is 9.13 Å². The molecule has 30 heavy (non-hydrogen) atoms. The van der Waals surface area contributed by atoms with E-state index in [4.69, 9.17) is 9.84 Å². The lowest BCUT2D eigenvalue weighted by Gasteiger charge is -2.38. The third-order valence-corrected chi connectivity index (χ3v) is 6.33. The van der Waals surface area contributed by atoms with Crippen LogP contribution in [0.15, 0.2) is 48.7 Å². The Bertz CT molecular complexity index is 1230. The third kappa shape index (κ3) is 2.69. The van der Waals surface area contributed by atoms with Crippen LogP contribution in [-0.2, 0) is 6.61 Å². The highest BCUT2D eigenvalue weighted by molar-refractivity contribution is 5.65. The molecule has 2 bridgehead atoms. The summed E-state index contributed by atoms with van der Waals surface area (Å²) in [4.78, 5) is 4.35. The molecule has 6 nitrogen and oxygen atoms in total. The second kappa shape index (κ2) is 6.86. The summed E-state index contributed by atoms with van der Waals surface area (Å²) < 4.78 is 22.3. The average molecular weight is 401 g/mol. The van der Waals surface area contributed by atoms with E-state index >= 15 is 0 Å². The van der Waals surface area contributed by atoms with Crippen molar-refractivity contribution in [3.63, 3.8) is 0 Å². The van der Waals surface area contributed by atoms with Crippen molar-refractivity contribution in [1.82, 2.24) is 24.8 Å². The van der Waals surface area contributed by atoms with Crippen molar-refractivity contribution in [1.29, 1.82) is 0 Å². The van der Waals surface area contributed by atoms with E-state index in [9.17, 15) is 4.39 Å². The maximum atomic E-state index is 14.5. The molecule has 0 spiro atoms. The molecule has 7 rings (SSSR count). The van der Waals surface area contributed by atoms with Gasteiger partial charge in [-0.1, -0.05) is 18.2 Å². The number of nitrogens with zero attached hydrogens (tertiary/aromatic N) is 5. The lowest BCUT2D eigenvalue weighted by molar-refractivity contribution is 0.265. The largest absolute Gasteiger partial charge is 0.470 e. The zero-order chi connectivity index (χ0) is 20.1. The maximum Gasteiger partial charge on any atom is 0.236 e. The van der Waals surface area contributed by atoms with Gasteiger partial charge in [-0.15, -0.1) is 15.3 Å². The molecule has 1 saturated carbocycles. The van der Waals surface area contributed by atoms with Gasteiger partial charge in [0, 0.05) is 17.3 Å². The maximum absolute atomic E-state index is 14.5. The number of hydrogen-bond donors (Lipinski definition) is 0. The number of halogens is 1. The predicted molar refractivity (Wildman–Crippen MR) is 109 cm³/mol. The summed E-state index contributed by atoms with van der Waals surface area (Å²) in [5.74, 6) is 1.49. The van der Waals surface area contributed by atoms with Crippen LogP contribution in [0, 0.1) is 5.82 Å². The van der Waals surface area contributed by atoms with Gasteiger partial charge in [-0.05, 0) is 61.8 Å². The van der Waals surface area contributed by atoms with Crippen LogP contribution in [0.4, 0.5) is 4.39 Å². The molecule has 7 heteroatoms. The summed E-state index contributed by atoms with van der Waals surface area (Å²) in [7, 11) is 0. The summed E-state index contributed by atoms with van der Waals surface area (Å²) in [6, 6.07) is 12.3. The summed E-state index contributed by atoms with van der Waals surface area (Å²) in [6.07, 6.45) is 6.31. The fourth-order valence-corrected chi connectivity index (χ4v) is 4.93. The molecule has 4 aromatic rings. The van der Waals surface area contributed by atoms with Gasteiger partial charge in [-0.3, -0.25) is 4.98 Å². The first-order chi connectivity index (χ1) is 14.8. The molecule has 0 amide bonds. The van der Waals surface area contributed by atoms with Gasteiger partial charge in [0.05, 0.1) is 11.3 Å². The number of aromatic nitrogens is 5. The van der Waals surface area contributed by atoms with Gasteiger partial charge in [0.25, 0.3) is 0 Å². The molecule has 0 unspecified atom stereocenters. The number of rotatable bonds is 4. The van der Waals surface area contributed by atoms with Gasteiger partial charge in [-0.2, -0.15) is 4.52 Å². The van der Waals surface area contributed by atoms with Crippen LogP contribution >= 0.6 is 0 Å². The van der Waals surface area contributed by atoms with Crippen molar-refractivity contribution in [2.75, 3.05) is 0 Å². The Morgan fingerprint density at radius 2 is 1.70 bits per heavy atom. The minimum Gasteiger partial charge on any atom is -0.470 e. The number of fused-ring (bicyclic) bond motifs is 3. The minimum atomic E-state index is -0.344. The van der Waals surface area contributed by atoms with E-state index in [2.05, 4.69) is 15.2 Å². The zero-order valence-electron chi connectivity index (χ0n) is 16.3. The second-order valence-corrected chi connectivity index (χ2v) is 8.03. The van der Waals surface area contributed by atoms with E-state index in [1.165, 1.54) is 11.6 Å². The van der Waals surface area contributed by atoms with Gasteiger partial charge in [0.2, 0.25) is 5.88 Å². The Morgan fingerprint density at radius 3 is 2.47 bits per heavy atom. The zero-order valence-corrected chi connectivity index (χ0v) is 16.3. The van der Waals surface area contributed by atoms with Crippen LogP contribution in [0.2, 0.25) is 0 Å². The van der Waals surface area contributed by atoms with Crippen LogP contribution in [0.5, 0.6) is 5.88 Å². The van der Waals surface area contributed by atoms with Crippen LogP contribution < -0.4 is 4.74 Å². The third-order valence-electron chi connectivity index (χ3n) is 6.33. The van der Waals surface area contributed by atoms with E-state index in [1.807, 2.05) is 18.2 Å². The lowest BCUT2D eigenvalue weighted by Crippen LogP contribution is -2.25. The lowest BCUT2D eigenvalue weighted by atomic mass is 9.67. The van der Waals surface area contributed by atoms with Crippen LogP contribution in [0.3, 0.4) is 0 Å². The van der Waals surface area contributed by atoms with E-state index in [1.54, 1.807) is 28.9 Å². The average Bonchev–Trinajstić information content (AvgIpc) is 3.23. The first kappa shape index (κ1) is 17.5. The smallest absolute Gasteiger partial charge is 0.236 e. The molecular weight excluding hydrogens is 381 g/mol. The highest BCUT2D eigenvalue weighted by atomic mass is 19.1. The van der Waals surface area contributed by atoms with Gasteiger partial charge in [0.1, 0.15) is 12.4 Å². The van der Waals surface area contributed by atoms with E-state index < -0.39 is 0 Å². The van der Waals surface area contributed by atoms with Crippen molar-refractivity contribution in [3.8, 4) is 17.3 Å². The van der Waals surface area contributed by atoms with Gasteiger partial charge < -0.3 is 4.74 Å². The van der Waals surface area contributed by atoms with Gasteiger partial charge in [0.15, 0.2) is 11.5 Å². The Labute approximate surface area is 172 Å². The molecule has 150 valence electrons. The molecular formula is C23H20FN5O. The Hall–Kier alpha value is -3.35. The quantitative estimate of drug-likeness (QED) is 0.498. The van der Waals surface area contributed by atoms with Crippen molar-refractivity contribution in [2.45, 2.75) is 44.1 Å². The van der Waals surface area contributed by atoms with E-state index in [0.29, 0.717) is 35.7 Å². The molecule has 0 N–H and O–H groups in total. The summed E-state index contributed by atoms with van der Waals surface area (Å²) in [5, 5.41) is 13.5. The second-order valence-electron chi connectivity index (χ2n) is 8.03. The highest BCUT2D eigenvalue weighted by Crippen LogP contribution is 2.53. The fraction of sp³-hybridized carbons (Fsp3) is 0.304. The molecule has 0 aliphatic heterocycles. The van der Waals surface area contributed by atoms with E-state index in [0.717, 1.165) is 42.6 Å². The summed E-state index contributed by atoms with van der Waals surface area (Å²) in [5.41, 5.74) is 4.29. The molecule has 3 aromatic heterocycles.